The standard InChI is InChI=1S/C26H30N2O7/c1-26(2,3)35-23(31)15-28-21-12-10-18(33-4)14-20(21)19(11-13-22(29)30)24(28)27-25(32)34-16-17-8-6-5-7-9-17/h5-14,23,31H,15-16H2,1-4H3,(H,27,32)(H,29,30). The van der Waals surface area contributed by atoms with Crippen molar-refractivity contribution >= 4 is 34.9 Å². The third-order valence-corrected chi connectivity index (χ3v) is 4.96. The Morgan fingerprint density at radius 2 is 1.86 bits per heavy atom. The summed E-state index contributed by atoms with van der Waals surface area (Å²) in [6, 6.07) is 14.4. The Balaban J connectivity index is 2.04. The summed E-state index contributed by atoms with van der Waals surface area (Å²) in [4.78, 5) is 24.0. The monoisotopic (exact) mass is 482 g/mol. The molecular weight excluding hydrogens is 452 g/mol. The Kier molecular flexibility index (Phi) is 8.16. The third-order valence-electron chi connectivity index (χ3n) is 4.96. The number of rotatable bonds is 9. The van der Waals surface area contributed by atoms with E-state index in [9.17, 15) is 19.8 Å². The van der Waals surface area contributed by atoms with Crippen LogP contribution in [0.4, 0.5) is 10.6 Å². The topological polar surface area (TPSA) is 119 Å². The van der Waals surface area contributed by atoms with Gasteiger partial charge in [-0.1, -0.05) is 30.3 Å². The maximum absolute atomic E-state index is 12.7. The van der Waals surface area contributed by atoms with Crippen LogP contribution in [0.3, 0.4) is 0 Å². The van der Waals surface area contributed by atoms with Gasteiger partial charge in [0, 0.05) is 17.0 Å². The predicted octanol–water partition coefficient (Wildman–Crippen LogP) is 4.63. The number of benzene rings is 2. The number of carboxylic acid groups (broad SMARTS) is 1. The first-order valence-electron chi connectivity index (χ1n) is 11.0. The predicted molar refractivity (Wildman–Crippen MR) is 132 cm³/mol. The van der Waals surface area contributed by atoms with Crippen LogP contribution in [-0.2, 0) is 27.4 Å². The second-order valence-corrected chi connectivity index (χ2v) is 8.80. The molecule has 0 saturated heterocycles. The lowest BCUT2D eigenvalue weighted by Crippen LogP contribution is -2.31. The van der Waals surface area contributed by atoms with Gasteiger partial charge in [0.25, 0.3) is 0 Å². The maximum Gasteiger partial charge on any atom is 0.413 e. The van der Waals surface area contributed by atoms with Crippen molar-refractivity contribution < 1.29 is 34.0 Å². The van der Waals surface area contributed by atoms with Gasteiger partial charge in [-0.25, -0.2) is 9.59 Å². The summed E-state index contributed by atoms with van der Waals surface area (Å²) in [6.45, 7) is 5.47. The molecule has 0 aliphatic carbocycles. The zero-order chi connectivity index (χ0) is 25.6. The van der Waals surface area contributed by atoms with Gasteiger partial charge >= 0.3 is 12.1 Å². The van der Waals surface area contributed by atoms with E-state index in [0.717, 1.165) is 11.6 Å². The molecule has 1 amide bonds. The van der Waals surface area contributed by atoms with Gasteiger partial charge in [0.1, 0.15) is 18.2 Å². The number of ether oxygens (including phenoxy) is 3. The summed E-state index contributed by atoms with van der Waals surface area (Å²) in [5.74, 6) is -0.354. The number of aliphatic carboxylic acids is 1. The quantitative estimate of drug-likeness (QED) is 0.300. The van der Waals surface area contributed by atoms with Gasteiger partial charge in [0.05, 0.1) is 24.8 Å². The van der Waals surface area contributed by atoms with Crippen LogP contribution < -0.4 is 10.1 Å². The van der Waals surface area contributed by atoms with Gasteiger partial charge < -0.3 is 29.0 Å². The first-order chi connectivity index (χ1) is 16.6. The molecule has 1 unspecified atom stereocenters. The average molecular weight is 483 g/mol. The molecule has 0 aliphatic heterocycles. The molecule has 0 fully saturated rings. The Morgan fingerprint density at radius 1 is 1.14 bits per heavy atom. The van der Waals surface area contributed by atoms with E-state index in [0.29, 0.717) is 22.2 Å². The minimum Gasteiger partial charge on any atom is -0.497 e. The molecule has 3 N–H and O–H groups in total. The second-order valence-electron chi connectivity index (χ2n) is 8.80. The SMILES string of the molecule is COc1ccc2c(c1)c(C=CC(=O)O)c(NC(=O)OCc1ccccc1)n2CC(O)OC(C)(C)C. The zero-order valence-electron chi connectivity index (χ0n) is 20.1. The fourth-order valence-corrected chi connectivity index (χ4v) is 3.59. The van der Waals surface area contributed by atoms with Crippen molar-refractivity contribution in [2.75, 3.05) is 12.4 Å². The molecule has 0 spiro atoms. The van der Waals surface area contributed by atoms with Crippen LogP contribution in [0.1, 0.15) is 31.9 Å². The highest BCUT2D eigenvalue weighted by atomic mass is 16.6. The Morgan fingerprint density at radius 3 is 2.49 bits per heavy atom. The number of methoxy groups -OCH3 is 1. The number of hydrogen-bond acceptors (Lipinski definition) is 6. The fraction of sp³-hybridized carbons (Fsp3) is 0.308. The molecule has 0 aliphatic rings. The highest BCUT2D eigenvalue weighted by Gasteiger charge is 2.23. The smallest absolute Gasteiger partial charge is 0.413 e. The number of fused-ring (bicyclic) bond motifs is 1. The number of aromatic nitrogens is 1. The van der Waals surface area contributed by atoms with Crippen molar-refractivity contribution in [3.05, 3.63) is 65.7 Å². The third kappa shape index (κ3) is 7.08. The molecule has 9 nitrogen and oxygen atoms in total. The van der Waals surface area contributed by atoms with Crippen LogP contribution in [0.15, 0.2) is 54.6 Å². The molecule has 35 heavy (non-hydrogen) atoms. The van der Waals surface area contributed by atoms with Gasteiger partial charge in [-0.2, -0.15) is 0 Å². The molecule has 0 saturated carbocycles. The first kappa shape index (κ1) is 25.8. The zero-order valence-corrected chi connectivity index (χ0v) is 20.1. The van der Waals surface area contributed by atoms with Crippen molar-refractivity contribution in [3.63, 3.8) is 0 Å². The minimum absolute atomic E-state index is 0.0324. The maximum atomic E-state index is 12.7. The average Bonchev–Trinajstić information content (AvgIpc) is 3.06. The molecule has 1 atom stereocenters. The number of carbonyl (C=O) groups is 2. The largest absolute Gasteiger partial charge is 0.497 e. The number of aliphatic hydroxyl groups is 1. The minimum atomic E-state index is -1.20. The van der Waals surface area contributed by atoms with Crippen LogP contribution in [0.2, 0.25) is 0 Å². The molecule has 3 rings (SSSR count). The number of aliphatic hydroxyl groups excluding tert-OH is 1. The number of hydrogen-bond donors (Lipinski definition) is 3. The Hall–Kier alpha value is -3.82. The highest BCUT2D eigenvalue weighted by Crippen LogP contribution is 2.35. The molecular formula is C26H30N2O7. The van der Waals surface area contributed by atoms with Crippen molar-refractivity contribution in [3.8, 4) is 5.75 Å². The molecule has 1 aromatic heterocycles. The second kappa shape index (κ2) is 11.1. The van der Waals surface area contributed by atoms with Crippen LogP contribution in [-0.4, -0.2) is 45.8 Å². The van der Waals surface area contributed by atoms with Crippen LogP contribution >= 0.6 is 0 Å². The van der Waals surface area contributed by atoms with Crippen molar-refractivity contribution in [2.24, 2.45) is 0 Å². The van der Waals surface area contributed by atoms with Gasteiger partial charge in [-0.05, 0) is 50.6 Å². The molecule has 2 aromatic carbocycles. The van der Waals surface area contributed by atoms with Crippen molar-refractivity contribution in [1.29, 1.82) is 0 Å². The summed E-state index contributed by atoms with van der Waals surface area (Å²) in [5, 5.41) is 23.2. The molecule has 0 bridgehead atoms. The highest BCUT2D eigenvalue weighted by molar-refractivity contribution is 6.02. The Labute approximate surface area is 203 Å². The summed E-state index contributed by atoms with van der Waals surface area (Å²) < 4.78 is 18.0. The normalized spacial score (nSPS) is 12.6. The summed E-state index contributed by atoms with van der Waals surface area (Å²) >= 11 is 0. The van der Waals surface area contributed by atoms with Gasteiger partial charge in [-0.3, -0.25) is 5.32 Å². The lowest BCUT2D eigenvalue weighted by molar-refractivity contribution is -0.170. The molecule has 0 radical (unpaired) electrons. The van der Waals surface area contributed by atoms with Gasteiger partial charge in [0.15, 0.2) is 6.29 Å². The van der Waals surface area contributed by atoms with E-state index in [2.05, 4.69) is 5.32 Å². The van der Waals surface area contributed by atoms with E-state index in [1.165, 1.54) is 13.2 Å². The number of amides is 1. The Bertz CT molecular complexity index is 1210. The number of anilines is 1. The lowest BCUT2D eigenvalue weighted by atomic mass is 10.1. The van der Waals surface area contributed by atoms with E-state index in [1.807, 2.05) is 51.1 Å². The van der Waals surface area contributed by atoms with Gasteiger partial charge in [0.2, 0.25) is 0 Å². The van der Waals surface area contributed by atoms with E-state index in [4.69, 9.17) is 14.2 Å². The fourth-order valence-electron chi connectivity index (χ4n) is 3.59. The number of nitrogens with zero attached hydrogens (tertiary/aromatic N) is 1. The number of carbonyl (C=O) groups excluding carboxylic acids is 1. The number of nitrogens with one attached hydrogen (secondary N) is 1. The molecule has 186 valence electrons. The molecule has 9 heteroatoms. The summed E-state index contributed by atoms with van der Waals surface area (Å²) in [7, 11) is 1.52. The van der Waals surface area contributed by atoms with E-state index >= 15 is 0 Å². The van der Waals surface area contributed by atoms with Crippen LogP contribution in [0.25, 0.3) is 17.0 Å². The molecule has 3 aromatic rings. The first-order valence-corrected chi connectivity index (χ1v) is 11.0. The van der Waals surface area contributed by atoms with E-state index < -0.39 is 24.0 Å². The molecule has 1 heterocycles. The lowest BCUT2D eigenvalue weighted by Gasteiger charge is -2.25. The van der Waals surface area contributed by atoms with Crippen LogP contribution in [0, 0.1) is 0 Å². The van der Waals surface area contributed by atoms with Crippen LogP contribution in [0.5, 0.6) is 5.75 Å². The van der Waals surface area contributed by atoms with Crippen molar-refractivity contribution in [2.45, 2.75) is 45.8 Å². The summed E-state index contributed by atoms with van der Waals surface area (Å²) in [5.41, 5.74) is 1.25. The van der Waals surface area contributed by atoms with E-state index in [1.54, 1.807) is 22.8 Å². The number of carboxylic acids is 1. The van der Waals surface area contributed by atoms with Gasteiger partial charge in [-0.15, -0.1) is 0 Å². The van der Waals surface area contributed by atoms with E-state index in [-0.39, 0.29) is 19.0 Å². The van der Waals surface area contributed by atoms with Crippen molar-refractivity contribution in [1.82, 2.24) is 4.57 Å². The summed E-state index contributed by atoms with van der Waals surface area (Å²) in [6.07, 6.45) is 0.414.